The molecule has 0 aliphatic carbocycles. The molecule has 0 radical (unpaired) electrons. The Bertz CT molecular complexity index is 224. The molecule has 0 spiro atoms. The molecule has 0 aromatic rings. The van der Waals surface area contributed by atoms with Crippen molar-refractivity contribution in [3.05, 3.63) is 0 Å². The molecule has 0 aromatic carbocycles. The van der Waals surface area contributed by atoms with Gasteiger partial charge in [0.25, 0.3) is 0 Å². The highest BCUT2D eigenvalue weighted by Gasteiger charge is 2.28. The molecule has 1 amide bonds. The summed E-state index contributed by atoms with van der Waals surface area (Å²) in [5.74, 6) is 2.30. The van der Waals surface area contributed by atoms with Crippen molar-refractivity contribution in [2.24, 2.45) is 0 Å². The molecule has 13 heavy (non-hydrogen) atoms. The Kier molecular flexibility index (Phi) is 3.32. The van der Waals surface area contributed by atoms with Crippen LogP contribution in [0.3, 0.4) is 0 Å². The van der Waals surface area contributed by atoms with E-state index in [1.807, 2.05) is 0 Å². The van der Waals surface area contributed by atoms with Crippen LogP contribution >= 0.6 is 0 Å². The second kappa shape index (κ2) is 4.29. The van der Waals surface area contributed by atoms with Crippen LogP contribution in [0.4, 0.5) is 0 Å². The summed E-state index contributed by atoms with van der Waals surface area (Å²) in [5.41, 5.74) is 0. The van der Waals surface area contributed by atoms with E-state index in [-0.39, 0.29) is 12.3 Å². The van der Waals surface area contributed by atoms with Gasteiger partial charge in [-0.05, 0) is 13.8 Å². The maximum atomic E-state index is 11.1. The topological polar surface area (TPSA) is 32.3 Å². The van der Waals surface area contributed by atoms with Crippen LogP contribution in [0.1, 0.15) is 20.3 Å². The Morgan fingerprint density at radius 3 is 2.77 bits per heavy atom. The summed E-state index contributed by atoms with van der Waals surface area (Å²) >= 11 is 0. The summed E-state index contributed by atoms with van der Waals surface area (Å²) in [6.07, 6.45) is 5.21. The van der Waals surface area contributed by atoms with Crippen molar-refractivity contribution in [2.45, 2.75) is 32.4 Å². The van der Waals surface area contributed by atoms with Gasteiger partial charge < -0.3 is 5.32 Å². The smallest absolute Gasteiger partial charge is 0.232 e. The molecule has 72 valence electrons. The number of terminal acetylenes is 1. The predicted octanol–water partition coefficient (Wildman–Crippen LogP) is 0.218. The second-order valence-electron chi connectivity index (χ2n) is 3.69. The monoisotopic (exact) mass is 180 g/mol. The SMILES string of the molecule is C#CCC(=O)NC1CN(C(C)C)C1. The van der Waals surface area contributed by atoms with Gasteiger partial charge in [-0.3, -0.25) is 9.69 Å². The van der Waals surface area contributed by atoms with Crippen LogP contribution in [-0.4, -0.2) is 36.0 Å². The zero-order valence-corrected chi connectivity index (χ0v) is 8.21. The minimum atomic E-state index is -0.0316. The van der Waals surface area contributed by atoms with Gasteiger partial charge in [0.2, 0.25) is 5.91 Å². The summed E-state index contributed by atoms with van der Waals surface area (Å²) in [6, 6.07) is 0.879. The lowest BCUT2D eigenvalue weighted by Crippen LogP contribution is -2.61. The van der Waals surface area contributed by atoms with Gasteiger partial charge in [-0.1, -0.05) is 5.92 Å². The van der Waals surface area contributed by atoms with Gasteiger partial charge in [-0.25, -0.2) is 0 Å². The molecule has 3 nitrogen and oxygen atoms in total. The lowest BCUT2D eigenvalue weighted by molar-refractivity contribution is -0.122. The lowest BCUT2D eigenvalue weighted by Gasteiger charge is -2.42. The van der Waals surface area contributed by atoms with Crippen molar-refractivity contribution in [1.29, 1.82) is 0 Å². The van der Waals surface area contributed by atoms with E-state index >= 15 is 0 Å². The summed E-state index contributed by atoms with van der Waals surface area (Å²) < 4.78 is 0. The zero-order chi connectivity index (χ0) is 9.84. The maximum Gasteiger partial charge on any atom is 0.232 e. The van der Waals surface area contributed by atoms with Crippen LogP contribution in [0.2, 0.25) is 0 Å². The maximum absolute atomic E-state index is 11.1. The molecule has 3 heteroatoms. The molecule has 1 rings (SSSR count). The fourth-order valence-electron chi connectivity index (χ4n) is 1.40. The Labute approximate surface area is 79.5 Å². The molecule has 1 saturated heterocycles. The van der Waals surface area contributed by atoms with E-state index in [0.717, 1.165) is 13.1 Å². The van der Waals surface area contributed by atoms with Crippen LogP contribution in [0.5, 0.6) is 0 Å². The molecule has 0 saturated carbocycles. The van der Waals surface area contributed by atoms with E-state index in [1.54, 1.807) is 0 Å². The van der Waals surface area contributed by atoms with Gasteiger partial charge in [0, 0.05) is 19.1 Å². The molecule has 0 atom stereocenters. The highest BCUT2D eigenvalue weighted by Crippen LogP contribution is 2.11. The van der Waals surface area contributed by atoms with Crippen LogP contribution in [-0.2, 0) is 4.79 Å². The van der Waals surface area contributed by atoms with Gasteiger partial charge in [0.1, 0.15) is 0 Å². The third kappa shape index (κ3) is 2.74. The molecule has 1 heterocycles. The van der Waals surface area contributed by atoms with Crippen molar-refractivity contribution >= 4 is 5.91 Å². The minimum absolute atomic E-state index is 0.0316. The number of nitrogens with zero attached hydrogens (tertiary/aromatic N) is 1. The fraction of sp³-hybridized carbons (Fsp3) is 0.700. The number of likely N-dealkylation sites (tertiary alicyclic amines) is 1. The molecule has 0 unspecified atom stereocenters. The standard InChI is InChI=1S/C10H16N2O/c1-4-5-10(13)11-9-6-12(7-9)8(2)3/h1,8-9H,5-7H2,2-3H3,(H,11,13). The molecule has 1 aliphatic heterocycles. The molecule has 0 bridgehead atoms. The first kappa shape index (κ1) is 10.1. The predicted molar refractivity (Wildman–Crippen MR) is 52.1 cm³/mol. The van der Waals surface area contributed by atoms with E-state index in [1.165, 1.54) is 0 Å². The number of carbonyl (C=O) groups excluding carboxylic acids is 1. The fourth-order valence-corrected chi connectivity index (χ4v) is 1.40. The average Bonchev–Trinajstić information content (AvgIpc) is 1.95. The van der Waals surface area contributed by atoms with Crippen molar-refractivity contribution in [2.75, 3.05) is 13.1 Å². The highest BCUT2D eigenvalue weighted by molar-refractivity contribution is 5.78. The van der Waals surface area contributed by atoms with Crippen molar-refractivity contribution in [3.8, 4) is 12.3 Å². The first-order chi connectivity index (χ1) is 6.13. The normalized spacial score (nSPS) is 18.0. The van der Waals surface area contributed by atoms with E-state index < -0.39 is 0 Å². The summed E-state index contributed by atoms with van der Waals surface area (Å²) in [5, 5.41) is 2.88. The highest BCUT2D eigenvalue weighted by atomic mass is 16.1. The van der Waals surface area contributed by atoms with Gasteiger partial charge in [0.15, 0.2) is 0 Å². The first-order valence-corrected chi connectivity index (χ1v) is 4.60. The van der Waals surface area contributed by atoms with E-state index in [9.17, 15) is 4.79 Å². The Hall–Kier alpha value is -1.01. The van der Waals surface area contributed by atoms with Gasteiger partial charge in [0.05, 0.1) is 12.5 Å². The summed E-state index contributed by atoms with van der Waals surface area (Å²) in [7, 11) is 0. The number of nitrogens with one attached hydrogen (secondary N) is 1. The van der Waals surface area contributed by atoms with Crippen LogP contribution in [0.25, 0.3) is 0 Å². The Morgan fingerprint density at radius 2 is 2.31 bits per heavy atom. The van der Waals surface area contributed by atoms with Gasteiger partial charge in [-0.15, -0.1) is 6.42 Å². The lowest BCUT2D eigenvalue weighted by atomic mass is 10.1. The van der Waals surface area contributed by atoms with Crippen molar-refractivity contribution in [3.63, 3.8) is 0 Å². The van der Waals surface area contributed by atoms with Gasteiger partial charge in [-0.2, -0.15) is 0 Å². The van der Waals surface area contributed by atoms with Crippen LogP contribution in [0, 0.1) is 12.3 Å². The first-order valence-electron chi connectivity index (χ1n) is 4.60. The average molecular weight is 180 g/mol. The Morgan fingerprint density at radius 1 is 1.69 bits per heavy atom. The second-order valence-corrected chi connectivity index (χ2v) is 3.69. The van der Waals surface area contributed by atoms with Crippen LogP contribution < -0.4 is 5.32 Å². The van der Waals surface area contributed by atoms with Crippen molar-refractivity contribution in [1.82, 2.24) is 10.2 Å². The van der Waals surface area contributed by atoms with Gasteiger partial charge >= 0.3 is 0 Å². The van der Waals surface area contributed by atoms with E-state index in [0.29, 0.717) is 12.1 Å². The number of rotatable bonds is 3. The molecule has 0 aromatic heterocycles. The van der Waals surface area contributed by atoms with Crippen LogP contribution in [0.15, 0.2) is 0 Å². The zero-order valence-electron chi connectivity index (χ0n) is 8.21. The third-order valence-corrected chi connectivity index (χ3v) is 2.27. The number of amides is 1. The van der Waals surface area contributed by atoms with Crippen molar-refractivity contribution < 1.29 is 4.79 Å². The molecule has 1 N–H and O–H groups in total. The number of carbonyl (C=O) groups is 1. The largest absolute Gasteiger partial charge is 0.350 e. The summed E-state index contributed by atoms with van der Waals surface area (Å²) in [4.78, 5) is 13.4. The Balaban J connectivity index is 2.15. The number of hydrogen-bond acceptors (Lipinski definition) is 2. The molecule has 1 fully saturated rings. The molecular weight excluding hydrogens is 164 g/mol. The summed E-state index contributed by atoms with van der Waals surface area (Å²) in [6.45, 7) is 6.21. The minimum Gasteiger partial charge on any atom is -0.350 e. The van der Waals surface area contributed by atoms with E-state index in [2.05, 4.69) is 30.0 Å². The quantitative estimate of drug-likeness (QED) is 0.630. The molecule has 1 aliphatic rings. The number of hydrogen-bond donors (Lipinski definition) is 1. The molecular formula is C10H16N2O. The van der Waals surface area contributed by atoms with E-state index in [4.69, 9.17) is 6.42 Å². The third-order valence-electron chi connectivity index (χ3n) is 2.27.